The quantitative estimate of drug-likeness (QED) is 0.310. The summed E-state index contributed by atoms with van der Waals surface area (Å²) in [6.07, 6.45) is 9.25. The lowest BCUT2D eigenvalue weighted by Crippen LogP contribution is -2.16. The highest BCUT2D eigenvalue weighted by Crippen LogP contribution is 2.12. The summed E-state index contributed by atoms with van der Waals surface area (Å²) in [6, 6.07) is 0.248. The first-order chi connectivity index (χ1) is 13.5. The maximum absolute atomic E-state index is 11.1. The van der Waals surface area contributed by atoms with Crippen LogP contribution in [-0.2, 0) is 13.0 Å². The minimum absolute atomic E-state index is 0.0544. The van der Waals surface area contributed by atoms with Crippen LogP contribution in [0, 0.1) is 10.3 Å². The molecule has 0 bridgehead atoms. The van der Waals surface area contributed by atoms with Crippen molar-refractivity contribution in [2.45, 2.75) is 32.9 Å². The fraction of sp³-hybridized carbons (Fsp3) is 0.278. The average molecular weight is 382 g/mol. The van der Waals surface area contributed by atoms with Gasteiger partial charge in [-0.05, 0) is 32.2 Å². The molecule has 2 aromatic heterocycles. The second-order valence-corrected chi connectivity index (χ2v) is 6.09. The van der Waals surface area contributed by atoms with Crippen LogP contribution in [0.4, 0.5) is 0 Å². The summed E-state index contributed by atoms with van der Waals surface area (Å²) in [5, 5.41) is 17.9. The molecule has 10 nitrogen and oxygen atoms in total. The summed E-state index contributed by atoms with van der Waals surface area (Å²) in [4.78, 5) is 32.8. The fourth-order valence-corrected chi connectivity index (χ4v) is 2.39. The number of nitrogens with one attached hydrogen (secondary N) is 3. The number of nitrogens with zero attached hydrogens (tertiary/aromatic N) is 5. The number of nitroso groups, excluding NO2 is 1. The van der Waals surface area contributed by atoms with Crippen molar-refractivity contribution in [2.75, 3.05) is 0 Å². The molecule has 2 heterocycles. The molecule has 10 heteroatoms. The van der Waals surface area contributed by atoms with E-state index >= 15 is 0 Å². The number of rotatable bonds is 11. The van der Waals surface area contributed by atoms with E-state index < -0.39 is 0 Å². The lowest BCUT2D eigenvalue weighted by Gasteiger charge is -2.03. The smallest absolute Gasteiger partial charge is 0.185 e. The number of aldehydes is 1. The molecule has 0 aliphatic carbocycles. The number of carbonyl (C=O) groups excluding carboxylic acids is 1. The molecule has 28 heavy (non-hydrogen) atoms. The van der Waals surface area contributed by atoms with Gasteiger partial charge in [0, 0.05) is 24.9 Å². The zero-order valence-corrected chi connectivity index (χ0v) is 15.7. The van der Waals surface area contributed by atoms with Crippen molar-refractivity contribution in [3.05, 3.63) is 58.2 Å². The molecule has 0 aliphatic rings. The van der Waals surface area contributed by atoms with Crippen LogP contribution >= 0.6 is 0 Å². The van der Waals surface area contributed by atoms with Crippen LogP contribution in [0.5, 0.6) is 0 Å². The van der Waals surface area contributed by atoms with E-state index in [-0.39, 0.29) is 24.1 Å². The molecule has 146 valence electrons. The van der Waals surface area contributed by atoms with E-state index in [0.717, 1.165) is 0 Å². The summed E-state index contributed by atoms with van der Waals surface area (Å²) in [5.74, 6) is 0.642. The molecule has 0 saturated carbocycles. The Bertz CT molecular complexity index is 920. The second kappa shape index (κ2) is 9.86. The van der Waals surface area contributed by atoms with E-state index in [1.807, 2.05) is 13.8 Å². The molecule has 0 spiro atoms. The van der Waals surface area contributed by atoms with E-state index in [9.17, 15) is 9.70 Å². The highest BCUT2D eigenvalue weighted by atomic mass is 16.3. The van der Waals surface area contributed by atoms with Gasteiger partial charge in [-0.2, -0.15) is 10.0 Å². The fourth-order valence-electron chi connectivity index (χ4n) is 2.39. The van der Waals surface area contributed by atoms with Crippen LogP contribution in [0.1, 0.15) is 47.4 Å². The molecule has 0 aromatic carbocycles. The molecule has 0 fully saturated rings. The summed E-state index contributed by atoms with van der Waals surface area (Å²) >= 11 is 0. The molecule has 2 aromatic rings. The normalized spacial score (nSPS) is 11.4. The number of imidazole rings is 2. The Kier molecular flexibility index (Phi) is 7.26. The molecule has 0 radical (unpaired) electrons. The molecular weight excluding hydrogens is 360 g/mol. The van der Waals surface area contributed by atoms with Crippen LogP contribution < -0.4 is 5.32 Å². The Labute approximate surface area is 162 Å². The van der Waals surface area contributed by atoms with E-state index in [2.05, 4.69) is 37.3 Å². The number of carbonyl (C=O) groups is 1. The van der Waals surface area contributed by atoms with Crippen LogP contribution in [-0.4, -0.2) is 44.4 Å². The van der Waals surface area contributed by atoms with Gasteiger partial charge in [-0.15, -0.1) is 0 Å². The maximum atomic E-state index is 11.1. The topological polar surface area (TPSA) is 141 Å². The van der Waals surface area contributed by atoms with E-state index in [1.54, 1.807) is 24.4 Å². The van der Waals surface area contributed by atoms with Gasteiger partial charge in [0.2, 0.25) is 0 Å². The van der Waals surface area contributed by atoms with E-state index in [0.29, 0.717) is 35.6 Å². The molecule has 2 rings (SSSR count). The van der Waals surface area contributed by atoms with Crippen LogP contribution in [0.2, 0.25) is 0 Å². The first-order valence-electron chi connectivity index (χ1n) is 8.55. The molecule has 0 atom stereocenters. The largest absolute Gasteiger partial charge is 0.389 e. The van der Waals surface area contributed by atoms with Crippen molar-refractivity contribution >= 4 is 24.8 Å². The predicted molar refractivity (Wildman–Crippen MR) is 108 cm³/mol. The summed E-state index contributed by atoms with van der Waals surface area (Å²) in [7, 11) is 0. The maximum Gasteiger partial charge on any atom is 0.185 e. The van der Waals surface area contributed by atoms with E-state index in [4.69, 9.17) is 5.41 Å². The monoisotopic (exact) mass is 382 g/mol. The van der Waals surface area contributed by atoms with Gasteiger partial charge in [0.25, 0.3) is 0 Å². The number of aromatic nitrogens is 4. The number of hydrogen-bond donors (Lipinski definition) is 3. The molecular formula is C18H22N8O2. The second-order valence-electron chi connectivity index (χ2n) is 6.09. The van der Waals surface area contributed by atoms with Crippen molar-refractivity contribution in [1.29, 1.82) is 5.41 Å². The minimum Gasteiger partial charge on any atom is -0.389 e. The van der Waals surface area contributed by atoms with Crippen molar-refractivity contribution < 1.29 is 4.79 Å². The molecule has 0 amide bonds. The van der Waals surface area contributed by atoms with Crippen molar-refractivity contribution in [2.24, 2.45) is 10.3 Å². The summed E-state index contributed by atoms with van der Waals surface area (Å²) < 4.78 is 1.42. The zero-order chi connectivity index (χ0) is 20.5. The number of aromatic amines is 1. The highest BCUT2D eigenvalue weighted by molar-refractivity contribution is 6.06. The third kappa shape index (κ3) is 5.16. The van der Waals surface area contributed by atoms with Gasteiger partial charge in [0.15, 0.2) is 17.9 Å². The SMILES string of the molecule is C=Nn1c(CN=O)cnc1/C=C\Cc1[nH]c(C=O)nc1C(=N)/C=C\NC(C)C. The Morgan fingerprint density at radius 3 is 2.93 bits per heavy atom. The first-order valence-corrected chi connectivity index (χ1v) is 8.55. The van der Waals surface area contributed by atoms with Gasteiger partial charge in [-0.25, -0.2) is 14.6 Å². The van der Waals surface area contributed by atoms with Crippen LogP contribution in [0.25, 0.3) is 6.08 Å². The number of allylic oxidation sites excluding steroid dienone is 2. The van der Waals surface area contributed by atoms with Gasteiger partial charge < -0.3 is 10.3 Å². The van der Waals surface area contributed by atoms with E-state index in [1.165, 1.54) is 10.9 Å². The Hall–Kier alpha value is -3.69. The van der Waals surface area contributed by atoms with Crippen molar-refractivity contribution in [3.8, 4) is 0 Å². The average Bonchev–Trinajstić information content (AvgIpc) is 3.25. The molecule has 0 saturated heterocycles. The van der Waals surface area contributed by atoms with Gasteiger partial charge in [-0.3, -0.25) is 10.2 Å². The van der Waals surface area contributed by atoms with Gasteiger partial charge >= 0.3 is 0 Å². The Morgan fingerprint density at radius 1 is 1.50 bits per heavy atom. The molecule has 0 aliphatic heterocycles. The zero-order valence-electron chi connectivity index (χ0n) is 15.7. The molecule has 3 N–H and O–H groups in total. The van der Waals surface area contributed by atoms with Gasteiger partial charge in [0.1, 0.15) is 12.2 Å². The van der Waals surface area contributed by atoms with Gasteiger partial charge in [-0.1, -0.05) is 11.3 Å². The molecule has 0 unspecified atom stereocenters. The Balaban J connectivity index is 2.19. The van der Waals surface area contributed by atoms with Crippen LogP contribution in [0.15, 0.2) is 34.8 Å². The standard InChI is InChI=1S/C18H22N8O2/c1-12(2)21-8-7-14(19)18-15(24-16(11-27)25-18)5-4-6-17-22-9-13(10-23-28)26(17)20-3/h4,6-9,11-12,19,21H,3,5,10H2,1-2H3,(H,24,25)/b6-4-,8-7-,19-14?. The van der Waals surface area contributed by atoms with Crippen molar-refractivity contribution in [1.82, 2.24) is 24.9 Å². The van der Waals surface area contributed by atoms with Crippen LogP contribution in [0.3, 0.4) is 0 Å². The minimum atomic E-state index is -0.0544. The first kappa shape index (κ1) is 20.6. The lowest BCUT2D eigenvalue weighted by atomic mass is 10.1. The number of hydrogen-bond acceptors (Lipinski definition) is 8. The summed E-state index contributed by atoms with van der Waals surface area (Å²) in [6.45, 7) is 7.39. The Morgan fingerprint density at radius 2 is 2.29 bits per heavy atom. The lowest BCUT2D eigenvalue weighted by molar-refractivity contribution is 0.111. The predicted octanol–water partition coefficient (Wildman–Crippen LogP) is 2.28. The van der Waals surface area contributed by atoms with Gasteiger partial charge in [0.05, 0.1) is 17.6 Å². The summed E-state index contributed by atoms with van der Waals surface area (Å²) in [5.41, 5.74) is 1.72. The number of H-pyrrole nitrogens is 1. The van der Waals surface area contributed by atoms with Crippen molar-refractivity contribution in [3.63, 3.8) is 0 Å². The highest BCUT2D eigenvalue weighted by Gasteiger charge is 2.12. The third-order valence-electron chi connectivity index (χ3n) is 3.64. The third-order valence-corrected chi connectivity index (χ3v) is 3.64.